The summed E-state index contributed by atoms with van der Waals surface area (Å²) in [5.74, 6) is 0.449. The Hall–Kier alpha value is -3.15. The smallest absolute Gasteiger partial charge is 0.276 e. The van der Waals surface area contributed by atoms with Gasteiger partial charge < -0.3 is 11.1 Å². The molecule has 104 valence electrons. The van der Waals surface area contributed by atoms with Crippen LogP contribution in [0.3, 0.4) is 0 Å². The highest BCUT2D eigenvalue weighted by atomic mass is 16.6. The summed E-state index contributed by atoms with van der Waals surface area (Å²) >= 11 is 0. The van der Waals surface area contributed by atoms with E-state index in [2.05, 4.69) is 10.3 Å². The number of pyridine rings is 1. The number of nitrogens with one attached hydrogen (secondary N) is 1. The lowest BCUT2D eigenvalue weighted by Crippen LogP contribution is -2.00. The number of aromatic nitrogens is 1. The number of fused-ring (bicyclic) bond motifs is 1. The van der Waals surface area contributed by atoms with Gasteiger partial charge in [0.25, 0.3) is 5.69 Å². The van der Waals surface area contributed by atoms with Crippen molar-refractivity contribution in [3.63, 3.8) is 0 Å². The molecule has 0 aliphatic carbocycles. The average Bonchev–Trinajstić information content (AvgIpc) is 2.47. The van der Waals surface area contributed by atoms with Crippen molar-refractivity contribution >= 4 is 33.8 Å². The van der Waals surface area contributed by atoms with Crippen LogP contribution < -0.4 is 11.1 Å². The number of nitrogens with zero attached hydrogens (tertiary/aromatic N) is 2. The molecular weight excluding hydrogens is 268 g/mol. The molecule has 0 spiro atoms. The summed E-state index contributed by atoms with van der Waals surface area (Å²) in [6, 6.07) is 16.2. The molecule has 0 amide bonds. The largest absolute Gasteiger partial charge is 0.383 e. The van der Waals surface area contributed by atoms with E-state index < -0.39 is 4.92 Å². The van der Waals surface area contributed by atoms with Gasteiger partial charge in [0.1, 0.15) is 11.6 Å². The predicted octanol–water partition coefficient (Wildman–Crippen LogP) is 3.47. The van der Waals surface area contributed by atoms with Gasteiger partial charge in [-0.15, -0.1) is 0 Å². The number of nitro groups is 1. The van der Waals surface area contributed by atoms with Crippen molar-refractivity contribution in [1.29, 1.82) is 0 Å². The van der Waals surface area contributed by atoms with Crippen LogP contribution in [-0.2, 0) is 0 Å². The maximum atomic E-state index is 10.9. The van der Waals surface area contributed by atoms with Gasteiger partial charge in [-0.3, -0.25) is 10.1 Å². The van der Waals surface area contributed by atoms with Crippen LogP contribution in [0.15, 0.2) is 54.6 Å². The predicted molar refractivity (Wildman–Crippen MR) is 82.5 cm³/mol. The standard InChI is InChI=1S/C15H12N4O2/c16-14-8-11(19(20)21)9-15(18-14)17-13-7-3-5-10-4-1-2-6-12(10)13/h1-9H,(H3,16,17,18). The zero-order valence-electron chi connectivity index (χ0n) is 11.0. The molecule has 1 heterocycles. The van der Waals surface area contributed by atoms with E-state index in [1.165, 1.54) is 12.1 Å². The number of hydrogen-bond donors (Lipinski definition) is 2. The van der Waals surface area contributed by atoms with Gasteiger partial charge in [-0.1, -0.05) is 36.4 Å². The number of rotatable bonds is 3. The lowest BCUT2D eigenvalue weighted by atomic mass is 10.1. The Morgan fingerprint density at radius 1 is 1.10 bits per heavy atom. The lowest BCUT2D eigenvalue weighted by molar-refractivity contribution is -0.384. The summed E-state index contributed by atoms with van der Waals surface area (Å²) in [4.78, 5) is 14.5. The molecule has 6 heteroatoms. The van der Waals surface area contributed by atoms with E-state index in [1.54, 1.807) is 0 Å². The molecule has 3 rings (SSSR count). The normalized spacial score (nSPS) is 10.5. The third-order valence-electron chi connectivity index (χ3n) is 3.09. The van der Waals surface area contributed by atoms with Gasteiger partial charge in [-0.2, -0.15) is 0 Å². The van der Waals surface area contributed by atoms with Crippen LogP contribution in [0.2, 0.25) is 0 Å². The van der Waals surface area contributed by atoms with Crippen molar-refractivity contribution in [3.8, 4) is 0 Å². The first-order valence-corrected chi connectivity index (χ1v) is 6.30. The van der Waals surface area contributed by atoms with E-state index in [0.717, 1.165) is 16.5 Å². The third kappa shape index (κ3) is 2.59. The molecule has 0 saturated carbocycles. The highest BCUT2D eigenvalue weighted by Gasteiger charge is 2.10. The minimum atomic E-state index is -0.494. The second-order valence-corrected chi connectivity index (χ2v) is 4.54. The maximum Gasteiger partial charge on any atom is 0.276 e. The summed E-state index contributed by atoms with van der Waals surface area (Å²) in [5, 5.41) is 16.0. The highest BCUT2D eigenvalue weighted by molar-refractivity contribution is 5.95. The number of hydrogen-bond acceptors (Lipinski definition) is 5. The molecule has 2 aromatic carbocycles. The minimum Gasteiger partial charge on any atom is -0.383 e. The minimum absolute atomic E-state index is 0.0924. The summed E-state index contributed by atoms with van der Waals surface area (Å²) in [6.45, 7) is 0. The molecule has 0 radical (unpaired) electrons. The van der Waals surface area contributed by atoms with Gasteiger partial charge in [0.05, 0.1) is 17.1 Å². The molecule has 3 N–H and O–H groups in total. The molecule has 0 unspecified atom stereocenters. The first-order chi connectivity index (χ1) is 10.1. The van der Waals surface area contributed by atoms with Gasteiger partial charge in [-0.05, 0) is 11.5 Å². The van der Waals surface area contributed by atoms with Gasteiger partial charge >= 0.3 is 0 Å². The molecule has 0 aliphatic rings. The summed E-state index contributed by atoms with van der Waals surface area (Å²) < 4.78 is 0. The van der Waals surface area contributed by atoms with Crippen LogP contribution in [0.5, 0.6) is 0 Å². The highest BCUT2D eigenvalue weighted by Crippen LogP contribution is 2.27. The van der Waals surface area contributed by atoms with Crippen LogP contribution in [0.25, 0.3) is 10.8 Å². The van der Waals surface area contributed by atoms with Gasteiger partial charge in [0.2, 0.25) is 0 Å². The number of benzene rings is 2. The molecule has 6 nitrogen and oxygen atoms in total. The van der Waals surface area contributed by atoms with Crippen LogP contribution in [0.1, 0.15) is 0 Å². The number of nitrogens with two attached hydrogens (primary N) is 1. The second-order valence-electron chi connectivity index (χ2n) is 4.54. The van der Waals surface area contributed by atoms with Crippen molar-refractivity contribution < 1.29 is 4.92 Å². The van der Waals surface area contributed by atoms with Crippen molar-refractivity contribution in [1.82, 2.24) is 4.98 Å². The van der Waals surface area contributed by atoms with Crippen molar-refractivity contribution in [2.45, 2.75) is 0 Å². The third-order valence-corrected chi connectivity index (χ3v) is 3.09. The maximum absolute atomic E-state index is 10.9. The molecule has 0 bridgehead atoms. The zero-order chi connectivity index (χ0) is 14.8. The quantitative estimate of drug-likeness (QED) is 0.566. The molecular formula is C15H12N4O2. The van der Waals surface area contributed by atoms with Gasteiger partial charge in [0, 0.05) is 11.1 Å². The Kier molecular flexibility index (Phi) is 3.12. The fraction of sp³-hybridized carbons (Fsp3) is 0. The SMILES string of the molecule is Nc1cc([N+](=O)[O-])cc(Nc2cccc3ccccc23)n1. The fourth-order valence-corrected chi connectivity index (χ4v) is 2.18. The molecule has 0 saturated heterocycles. The molecule has 0 aliphatic heterocycles. The van der Waals surface area contributed by atoms with Crippen molar-refractivity contribution in [3.05, 3.63) is 64.7 Å². The average molecular weight is 280 g/mol. The summed E-state index contributed by atoms with van der Waals surface area (Å²) in [6.07, 6.45) is 0. The van der Waals surface area contributed by atoms with Crippen LogP contribution in [0.4, 0.5) is 23.0 Å². The number of anilines is 3. The zero-order valence-corrected chi connectivity index (χ0v) is 11.0. The second kappa shape index (κ2) is 5.09. The molecule has 21 heavy (non-hydrogen) atoms. The van der Waals surface area contributed by atoms with E-state index in [0.29, 0.717) is 5.82 Å². The lowest BCUT2D eigenvalue weighted by Gasteiger charge is -2.09. The van der Waals surface area contributed by atoms with Crippen LogP contribution >= 0.6 is 0 Å². The Bertz CT molecular complexity index is 828. The Labute approximate surface area is 120 Å². The van der Waals surface area contributed by atoms with Crippen molar-refractivity contribution in [2.75, 3.05) is 11.1 Å². The van der Waals surface area contributed by atoms with Crippen LogP contribution in [-0.4, -0.2) is 9.91 Å². The Morgan fingerprint density at radius 2 is 1.86 bits per heavy atom. The van der Waals surface area contributed by atoms with E-state index in [9.17, 15) is 10.1 Å². The molecule has 0 atom stereocenters. The summed E-state index contributed by atoms with van der Waals surface area (Å²) in [5.41, 5.74) is 6.34. The Balaban J connectivity index is 2.05. The van der Waals surface area contributed by atoms with Crippen LogP contribution in [0, 0.1) is 10.1 Å². The van der Waals surface area contributed by atoms with E-state index in [4.69, 9.17) is 5.73 Å². The van der Waals surface area contributed by atoms with Gasteiger partial charge in [0.15, 0.2) is 0 Å². The van der Waals surface area contributed by atoms with E-state index >= 15 is 0 Å². The fourth-order valence-electron chi connectivity index (χ4n) is 2.18. The summed E-state index contributed by atoms with van der Waals surface area (Å²) in [7, 11) is 0. The molecule has 1 aromatic heterocycles. The van der Waals surface area contributed by atoms with E-state index in [1.807, 2.05) is 42.5 Å². The van der Waals surface area contributed by atoms with Gasteiger partial charge in [-0.25, -0.2) is 4.98 Å². The first-order valence-electron chi connectivity index (χ1n) is 6.30. The topological polar surface area (TPSA) is 94.1 Å². The number of nitrogen functional groups attached to an aromatic ring is 1. The van der Waals surface area contributed by atoms with Crippen molar-refractivity contribution in [2.24, 2.45) is 0 Å². The van der Waals surface area contributed by atoms with E-state index in [-0.39, 0.29) is 11.5 Å². The Morgan fingerprint density at radius 3 is 2.67 bits per heavy atom. The monoisotopic (exact) mass is 280 g/mol. The molecule has 3 aromatic rings. The first kappa shape index (κ1) is 12.9. The molecule has 0 fully saturated rings.